The van der Waals surface area contributed by atoms with Gasteiger partial charge in [-0.15, -0.1) is 0 Å². The second-order valence-electron chi connectivity index (χ2n) is 8.66. The number of aryl methyl sites for hydroxylation is 1. The molecule has 0 aromatic carbocycles. The Morgan fingerprint density at radius 2 is 1.95 bits per heavy atom. The molecule has 11 heteroatoms. The van der Waals surface area contributed by atoms with E-state index in [0.717, 1.165) is 24.0 Å². The van der Waals surface area contributed by atoms with Crippen molar-refractivity contribution in [3.05, 3.63) is 89.0 Å². The monoisotopic (exact) mass is 574 g/mol. The second kappa shape index (κ2) is 18.2. The lowest BCUT2D eigenvalue weighted by molar-refractivity contribution is -0.131. The number of nitrogens with one attached hydrogen (secondary N) is 2. The first-order chi connectivity index (χ1) is 19.6. The summed E-state index contributed by atoms with van der Waals surface area (Å²) in [7, 11) is 1.78. The van der Waals surface area contributed by atoms with Gasteiger partial charge in [0, 0.05) is 38.0 Å². The van der Waals surface area contributed by atoms with Gasteiger partial charge in [0.15, 0.2) is 11.5 Å². The minimum absolute atomic E-state index is 0.248. The fourth-order valence-electron chi connectivity index (χ4n) is 3.46. The van der Waals surface area contributed by atoms with E-state index in [2.05, 4.69) is 15.0 Å². The number of halogens is 3. The summed E-state index contributed by atoms with van der Waals surface area (Å²) in [5.74, 6) is -0.989. The molecule has 1 aliphatic heterocycles. The Kier molecular flexibility index (Phi) is 15.5. The molecule has 3 rings (SSSR count). The highest BCUT2D eigenvalue weighted by Crippen LogP contribution is 2.26. The van der Waals surface area contributed by atoms with Crippen LogP contribution in [0.15, 0.2) is 72.0 Å². The third-order valence-electron chi connectivity index (χ3n) is 5.70. The number of hydrogen-bond acceptors (Lipinski definition) is 5. The molecule has 2 aromatic rings. The molecule has 0 saturated carbocycles. The zero-order valence-electron chi connectivity index (χ0n) is 24.8. The summed E-state index contributed by atoms with van der Waals surface area (Å²) in [5, 5.41) is 6.73. The molecular formula is C30H41F3N6O2. The number of imidazole rings is 2. The Morgan fingerprint density at radius 1 is 1.24 bits per heavy atom. The lowest BCUT2D eigenvalue weighted by atomic mass is 10.1. The number of rotatable bonds is 9. The third kappa shape index (κ3) is 10.7. The van der Waals surface area contributed by atoms with Crippen molar-refractivity contribution in [1.82, 2.24) is 24.4 Å². The number of carbonyl (C=O) groups is 1. The maximum Gasteiger partial charge on any atom is 0.290 e. The first-order valence-corrected chi connectivity index (χ1v) is 13.4. The van der Waals surface area contributed by atoms with Crippen LogP contribution < -0.4 is 0 Å². The summed E-state index contributed by atoms with van der Waals surface area (Å²) in [6, 6.07) is 0. The van der Waals surface area contributed by atoms with Gasteiger partial charge < -0.3 is 24.6 Å². The normalized spacial score (nSPS) is 14.5. The molecule has 0 radical (unpaired) electrons. The van der Waals surface area contributed by atoms with Gasteiger partial charge in [-0.3, -0.25) is 4.79 Å². The molecule has 0 spiro atoms. The number of alkyl halides is 2. The largest absolute Gasteiger partial charge is 0.449 e. The molecule has 8 nitrogen and oxygen atoms in total. The van der Waals surface area contributed by atoms with Crippen LogP contribution in [0, 0.1) is 5.41 Å². The van der Waals surface area contributed by atoms with Gasteiger partial charge in [0.25, 0.3) is 12.3 Å². The van der Waals surface area contributed by atoms with Crippen LogP contribution in [0.4, 0.5) is 13.2 Å². The molecule has 2 N–H and O–H groups in total. The Hall–Kier alpha value is -4.15. The SMILES string of the molecule is C/C=C(\O/C(C(=O)N1CCc2nc[nH]c2C1)=C(\C)C(F)F)c1cn(C)cn1.CC.CC\C=C/C=C(F)\C(C)=C\C=N. The number of carbonyl (C=O) groups excluding carboxylic acids is 1. The quantitative estimate of drug-likeness (QED) is 0.145. The van der Waals surface area contributed by atoms with E-state index in [4.69, 9.17) is 10.1 Å². The van der Waals surface area contributed by atoms with E-state index in [1.165, 1.54) is 24.0 Å². The number of hydrogen-bond donors (Lipinski definition) is 2. The van der Waals surface area contributed by atoms with Crippen LogP contribution in [0.3, 0.4) is 0 Å². The number of aromatic amines is 1. The van der Waals surface area contributed by atoms with Gasteiger partial charge in [-0.1, -0.05) is 32.9 Å². The fourth-order valence-corrected chi connectivity index (χ4v) is 3.46. The van der Waals surface area contributed by atoms with E-state index < -0.39 is 17.9 Å². The summed E-state index contributed by atoms with van der Waals surface area (Å²) in [6.07, 6.45) is 12.5. The summed E-state index contributed by atoms with van der Waals surface area (Å²) in [5.41, 5.74) is 2.22. The smallest absolute Gasteiger partial charge is 0.290 e. The van der Waals surface area contributed by atoms with Crippen LogP contribution in [-0.4, -0.2) is 49.5 Å². The molecule has 0 atom stereocenters. The van der Waals surface area contributed by atoms with Crippen LogP contribution in [0.2, 0.25) is 0 Å². The average Bonchev–Trinajstić information content (AvgIpc) is 3.63. The third-order valence-corrected chi connectivity index (χ3v) is 5.70. The van der Waals surface area contributed by atoms with Gasteiger partial charge >= 0.3 is 0 Å². The fraction of sp³-hybridized carbons (Fsp3) is 0.400. The maximum absolute atomic E-state index is 13.4. The maximum atomic E-state index is 13.4. The van der Waals surface area contributed by atoms with Gasteiger partial charge in [0.05, 0.1) is 30.6 Å². The molecule has 0 aliphatic carbocycles. The number of aromatic nitrogens is 4. The van der Waals surface area contributed by atoms with Gasteiger partial charge in [0.2, 0.25) is 0 Å². The van der Waals surface area contributed by atoms with Gasteiger partial charge in [-0.05, 0) is 51.0 Å². The van der Waals surface area contributed by atoms with Crippen molar-refractivity contribution in [2.45, 2.75) is 67.4 Å². The Morgan fingerprint density at radius 3 is 2.51 bits per heavy atom. The van der Waals surface area contributed by atoms with E-state index >= 15 is 0 Å². The average molecular weight is 575 g/mol. The molecule has 41 heavy (non-hydrogen) atoms. The van der Waals surface area contributed by atoms with Crippen molar-refractivity contribution in [2.24, 2.45) is 7.05 Å². The van der Waals surface area contributed by atoms with Crippen LogP contribution in [0.25, 0.3) is 5.76 Å². The molecule has 0 unspecified atom stereocenters. The van der Waals surface area contributed by atoms with Gasteiger partial charge in [0.1, 0.15) is 11.5 Å². The number of allylic oxidation sites excluding steroid dienone is 8. The Labute approximate surface area is 240 Å². The molecule has 0 bridgehead atoms. The topological polar surface area (TPSA) is 99.9 Å². The number of H-pyrrole nitrogens is 1. The summed E-state index contributed by atoms with van der Waals surface area (Å²) < 4.78 is 47.1. The van der Waals surface area contributed by atoms with E-state index in [1.807, 2.05) is 26.8 Å². The highest BCUT2D eigenvalue weighted by molar-refractivity contribution is 5.93. The number of amides is 1. The lowest BCUT2D eigenvalue weighted by Crippen LogP contribution is -2.38. The van der Waals surface area contributed by atoms with Crippen molar-refractivity contribution in [1.29, 1.82) is 5.41 Å². The van der Waals surface area contributed by atoms with Crippen LogP contribution in [0.5, 0.6) is 0 Å². The molecule has 224 valence electrons. The van der Waals surface area contributed by atoms with E-state index in [1.54, 1.807) is 56.5 Å². The minimum atomic E-state index is -2.81. The first-order valence-electron chi connectivity index (χ1n) is 13.4. The van der Waals surface area contributed by atoms with Gasteiger partial charge in [-0.25, -0.2) is 23.1 Å². The summed E-state index contributed by atoms with van der Waals surface area (Å²) >= 11 is 0. The molecule has 1 aliphatic rings. The highest BCUT2D eigenvalue weighted by Gasteiger charge is 2.30. The Bertz CT molecular complexity index is 1280. The van der Waals surface area contributed by atoms with Crippen LogP contribution in [-0.2, 0) is 29.5 Å². The van der Waals surface area contributed by atoms with Crippen molar-refractivity contribution in [2.75, 3.05) is 6.54 Å². The van der Waals surface area contributed by atoms with Crippen LogP contribution >= 0.6 is 0 Å². The molecule has 0 fully saturated rings. The molecule has 0 saturated heterocycles. The first kappa shape index (κ1) is 34.9. The number of ether oxygens (including phenoxy) is 1. The van der Waals surface area contributed by atoms with Gasteiger partial charge in [-0.2, -0.15) is 0 Å². The van der Waals surface area contributed by atoms with Crippen molar-refractivity contribution < 1.29 is 22.7 Å². The predicted octanol–water partition coefficient (Wildman–Crippen LogP) is 7.07. The zero-order chi connectivity index (χ0) is 30.9. The van der Waals surface area contributed by atoms with Crippen molar-refractivity contribution in [3.63, 3.8) is 0 Å². The van der Waals surface area contributed by atoms with E-state index in [0.29, 0.717) is 24.2 Å². The second-order valence-corrected chi connectivity index (χ2v) is 8.66. The van der Waals surface area contributed by atoms with Crippen LogP contribution in [0.1, 0.15) is 65.0 Å². The van der Waals surface area contributed by atoms with Crippen molar-refractivity contribution in [3.8, 4) is 0 Å². The predicted molar refractivity (Wildman–Crippen MR) is 157 cm³/mol. The molecule has 3 heterocycles. The standard InChI is InChI=1S/C18H21F2N5O2.C10H14FN.C2H6/c1-4-15(14-7-24(3)10-23-14)27-16(11(2)17(19)20)18(26)25-6-5-12-13(8-25)22-9-21-12;1-3-4-5-6-10(11)9(2)7-8-12;1-2/h4,7,9-10,17H,5-6,8H2,1-3H3,(H,21,22);4-8,12H,3H2,1-2H3;1-2H3/b15-4-,16-11+;5-4-,9-7+,10-6+,12-8?;. The molecule has 2 aromatic heterocycles. The molecule has 1 amide bonds. The van der Waals surface area contributed by atoms with E-state index in [9.17, 15) is 18.0 Å². The summed E-state index contributed by atoms with van der Waals surface area (Å²) in [6.45, 7) is 11.2. The minimum Gasteiger partial charge on any atom is -0.449 e. The number of nitrogens with zero attached hydrogens (tertiary/aromatic N) is 4. The van der Waals surface area contributed by atoms with E-state index in [-0.39, 0.29) is 23.9 Å². The number of fused-ring (bicyclic) bond motifs is 1. The zero-order valence-corrected chi connectivity index (χ0v) is 24.8. The van der Waals surface area contributed by atoms with Crippen molar-refractivity contribution >= 4 is 17.9 Å². The lowest BCUT2D eigenvalue weighted by Gasteiger charge is -2.28. The summed E-state index contributed by atoms with van der Waals surface area (Å²) in [4.78, 5) is 25.8. The Balaban J connectivity index is 0.000000508. The molecular weight excluding hydrogens is 533 g/mol. The highest BCUT2D eigenvalue weighted by atomic mass is 19.3.